The van der Waals surface area contributed by atoms with E-state index >= 15 is 0 Å². The highest BCUT2D eigenvalue weighted by molar-refractivity contribution is 4.54. The molecule has 0 radical (unpaired) electrons. The summed E-state index contributed by atoms with van der Waals surface area (Å²) in [6.45, 7) is 12.5. The molecule has 0 spiro atoms. The third kappa shape index (κ3) is 16.4. The van der Waals surface area contributed by atoms with Gasteiger partial charge in [0.15, 0.2) is 0 Å². The molecule has 0 saturated carbocycles. The smallest absolute Gasteiger partial charge is 0.0540 e. The fourth-order valence-electron chi connectivity index (χ4n) is 1.42. The standard InChI is InChI=1S/2C7H16O/c2*1-4-7(8)5-6(2)3/h2*6-8H,4-5H2,1-3H3/t2*7-/m10/s1. The molecule has 0 unspecified atom stereocenters. The van der Waals surface area contributed by atoms with E-state index in [1.165, 1.54) is 0 Å². The van der Waals surface area contributed by atoms with Crippen molar-refractivity contribution in [2.24, 2.45) is 11.8 Å². The molecule has 100 valence electrons. The van der Waals surface area contributed by atoms with E-state index < -0.39 is 0 Å². The molecular formula is C14H32O2. The Kier molecular flexibility index (Phi) is 13.0. The van der Waals surface area contributed by atoms with Crippen molar-refractivity contribution in [3.8, 4) is 0 Å². The van der Waals surface area contributed by atoms with Gasteiger partial charge in [-0.3, -0.25) is 0 Å². The van der Waals surface area contributed by atoms with Crippen LogP contribution >= 0.6 is 0 Å². The van der Waals surface area contributed by atoms with Gasteiger partial charge in [-0.05, 0) is 37.5 Å². The van der Waals surface area contributed by atoms with Crippen LogP contribution in [0.5, 0.6) is 0 Å². The van der Waals surface area contributed by atoms with E-state index in [0.29, 0.717) is 11.8 Å². The Balaban J connectivity index is 0. The molecule has 0 fully saturated rings. The van der Waals surface area contributed by atoms with E-state index in [9.17, 15) is 0 Å². The summed E-state index contributed by atoms with van der Waals surface area (Å²) in [4.78, 5) is 0. The van der Waals surface area contributed by atoms with Crippen molar-refractivity contribution in [1.82, 2.24) is 0 Å². The normalized spacial score (nSPS) is 14.6. The molecule has 2 heteroatoms. The van der Waals surface area contributed by atoms with Crippen molar-refractivity contribution in [3.05, 3.63) is 0 Å². The molecule has 2 N–H and O–H groups in total. The number of hydrogen-bond acceptors (Lipinski definition) is 2. The molecule has 2 nitrogen and oxygen atoms in total. The molecule has 0 aromatic carbocycles. The number of aliphatic hydroxyl groups excluding tert-OH is 2. The molecule has 0 aliphatic carbocycles. The van der Waals surface area contributed by atoms with Crippen molar-refractivity contribution in [1.29, 1.82) is 0 Å². The summed E-state index contributed by atoms with van der Waals surface area (Å²) in [7, 11) is 0. The van der Waals surface area contributed by atoms with Crippen LogP contribution in [0, 0.1) is 11.8 Å². The molecular weight excluding hydrogens is 200 g/mol. The zero-order valence-electron chi connectivity index (χ0n) is 12.0. The molecule has 16 heavy (non-hydrogen) atoms. The molecule has 0 aliphatic heterocycles. The first-order valence-corrected chi connectivity index (χ1v) is 6.69. The molecule has 0 amide bonds. The van der Waals surface area contributed by atoms with Gasteiger partial charge in [-0.25, -0.2) is 0 Å². The molecule has 2 atom stereocenters. The van der Waals surface area contributed by atoms with Gasteiger partial charge in [0.05, 0.1) is 12.2 Å². The van der Waals surface area contributed by atoms with Crippen LogP contribution in [0.15, 0.2) is 0 Å². The van der Waals surface area contributed by atoms with E-state index in [1.807, 2.05) is 13.8 Å². The molecule has 0 aromatic rings. The van der Waals surface area contributed by atoms with Crippen LogP contribution in [0.3, 0.4) is 0 Å². The molecule has 0 heterocycles. The van der Waals surface area contributed by atoms with Crippen molar-refractivity contribution in [2.45, 2.75) is 79.4 Å². The topological polar surface area (TPSA) is 40.5 Å². The summed E-state index contributed by atoms with van der Waals surface area (Å²) in [5.74, 6) is 1.26. The van der Waals surface area contributed by atoms with Crippen LogP contribution < -0.4 is 0 Å². The summed E-state index contributed by atoms with van der Waals surface area (Å²) in [5.41, 5.74) is 0. The molecule has 0 rings (SSSR count). The van der Waals surface area contributed by atoms with Crippen LogP contribution in [0.4, 0.5) is 0 Å². The van der Waals surface area contributed by atoms with Gasteiger partial charge >= 0.3 is 0 Å². The van der Waals surface area contributed by atoms with Crippen molar-refractivity contribution < 1.29 is 10.2 Å². The van der Waals surface area contributed by atoms with Crippen molar-refractivity contribution in [3.63, 3.8) is 0 Å². The average molecular weight is 232 g/mol. The minimum atomic E-state index is -0.0741. The summed E-state index contributed by atoms with van der Waals surface area (Å²) < 4.78 is 0. The molecule has 0 aromatic heterocycles. The minimum absolute atomic E-state index is 0.0741. The van der Waals surface area contributed by atoms with E-state index in [2.05, 4.69) is 27.7 Å². The second-order valence-corrected chi connectivity index (χ2v) is 5.38. The highest BCUT2D eigenvalue weighted by Crippen LogP contribution is 2.06. The highest BCUT2D eigenvalue weighted by atomic mass is 16.3. The molecule has 0 saturated heterocycles. The fraction of sp³-hybridized carbons (Fsp3) is 1.00. The zero-order chi connectivity index (χ0) is 13.1. The van der Waals surface area contributed by atoms with E-state index in [0.717, 1.165) is 25.7 Å². The lowest BCUT2D eigenvalue weighted by atomic mass is 10.0. The maximum atomic E-state index is 9.03. The summed E-state index contributed by atoms with van der Waals surface area (Å²) in [6.07, 6.45) is 3.51. The second kappa shape index (κ2) is 11.4. The lowest BCUT2D eigenvalue weighted by Crippen LogP contribution is -2.07. The Labute approximate surface area is 102 Å². The van der Waals surface area contributed by atoms with Crippen molar-refractivity contribution in [2.75, 3.05) is 0 Å². The first-order valence-electron chi connectivity index (χ1n) is 6.69. The summed E-state index contributed by atoms with van der Waals surface area (Å²) in [5, 5.41) is 18.1. The van der Waals surface area contributed by atoms with Crippen LogP contribution in [0.2, 0.25) is 0 Å². The maximum absolute atomic E-state index is 9.03. The predicted molar refractivity (Wildman–Crippen MR) is 71.5 cm³/mol. The van der Waals surface area contributed by atoms with Crippen LogP contribution in [0.1, 0.15) is 67.2 Å². The van der Waals surface area contributed by atoms with Gasteiger partial charge in [0.2, 0.25) is 0 Å². The van der Waals surface area contributed by atoms with Gasteiger partial charge in [0.25, 0.3) is 0 Å². The largest absolute Gasteiger partial charge is 0.393 e. The Morgan fingerprint density at radius 2 is 0.938 bits per heavy atom. The van der Waals surface area contributed by atoms with E-state index in [-0.39, 0.29) is 12.2 Å². The van der Waals surface area contributed by atoms with Gasteiger partial charge in [-0.15, -0.1) is 0 Å². The Bertz CT molecular complexity index is 117. The quantitative estimate of drug-likeness (QED) is 0.734. The third-order valence-electron chi connectivity index (χ3n) is 2.43. The van der Waals surface area contributed by atoms with Gasteiger partial charge in [0, 0.05) is 0 Å². The maximum Gasteiger partial charge on any atom is 0.0540 e. The predicted octanol–water partition coefficient (Wildman–Crippen LogP) is 3.61. The van der Waals surface area contributed by atoms with Gasteiger partial charge in [0.1, 0.15) is 0 Å². The lowest BCUT2D eigenvalue weighted by Gasteiger charge is -2.08. The van der Waals surface area contributed by atoms with Gasteiger partial charge in [-0.2, -0.15) is 0 Å². The molecule has 0 aliphatic rings. The van der Waals surface area contributed by atoms with E-state index in [4.69, 9.17) is 10.2 Å². The Hall–Kier alpha value is -0.0800. The summed E-state index contributed by atoms with van der Waals surface area (Å²) >= 11 is 0. The monoisotopic (exact) mass is 232 g/mol. The van der Waals surface area contributed by atoms with Crippen LogP contribution in [-0.4, -0.2) is 22.4 Å². The van der Waals surface area contributed by atoms with Crippen LogP contribution in [-0.2, 0) is 0 Å². The first-order chi connectivity index (χ1) is 7.33. The Morgan fingerprint density at radius 1 is 0.688 bits per heavy atom. The van der Waals surface area contributed by atoms with E-state index in [1.54, 1.807) is 0 Å². The van der Waals surface area contributed by atoms with Crippen molar-refractivity contribution >= 4 is 0 Å². The van der Waals surface area contributed by atoms with Gasteiger partial charge in [-0.1, -0.05) is 41.5 Å². The minimum Gasteiger partial charge on any atom is -0.393 e. The number of hydrogen-bond donors (Lipinski definition) is 2. The lowest BCUT2D eigenvalue weighted by molar-refractivity contribution is 0.144. The first kappa shape index (κ1) is 18.3. The number of rotatable bonds is 6. The highest BCUT2D eigenvalue weighted by Gasteiger charge is 2.02. The third-order valence-corrected chi connectivity index (χ3v) is 2.43. The number of aliphatic hydroxyl groups is 2. The SMILES string of the molecule is CC[C@@H](O)CC(C)C.CC[C@H](O)CC(C)C. The molecule has 0 bridgehead atoms. The van der Waals surface area contributed by atoms with Crippen LogP contribution in [0.25, 0.3) is 0 Å². The summed E-state index contributed by atoms with van der Waals surface area (Å²) in [6, 6.07) is 0. The Morgan fingerprint density at radius 3 is 1.00 bits per heavy atom. The second-order valence-electron chi connectivity index (χ2n) is 5.38. The fourth-order valence-corrected chi connectivity index (χ4v) is 1.42. The van der Waals surface area contributed by atoms with Gasteiger partial charge < -0.3 is 10.2 Å². The zero-order valence-corrected chi connectivity index (χ0v) is 12.0. The average Bonchev–Trinajstić information content (AvgIpc) is 2.16.